The van der Waals surface area contributed by atoms with Crippen LogP contribution in [0.1, 0.15) is 25.7 Å². The Morgan fingerprint density at radius 1 is 1.58 bits per heavy atom. The first-order valence-electron chi connectivity index (χ1n) is 4.62. The summed E-state index contributed by atoms with van der Waals surface area (Å²) >= 11 is 0. The zero-order valence-corrected chi connectivity index (χ0v) is 7.24. The molecule has 1 aliphatic rings. The maximum atomic E-state index is 5.55. The van der Waals surface area contributed by atoms with Crippen molar-refractivity contribution in [2.75, 3.05) is 5.73 Å². The number of nitrogens with two attached hydrogens (primary N) is 1. The van der Waals surface area contributed by atoms with Gasteiger partial charge < -0.3 is 5.73 Å². The summed E-state index contributed by atoms with van der Waals surface area (Å²) in [5.41, 5.74) is 6.32. The molecular formula is C9H15N3. The minimum absolute atomic E-state index is 0.767. The van der Waals surface area contributed by atoms with Crippen molar-refractivity contribution in [3.63, 3.8) is 0 Å². The second-order valence-electron chi connectivity index (χ2n) is 3.62. The average Bonchev–Trinajstić information content (AvgIpc) is 2.32. The minimum Gasteiger partial charge on any atom is -0.396 e. The van der Waals surface area contributed by atoms with Crippen LogP contribution in [0.15, 0.2) is 12.4 Å². The number of nitrogens with zero attached hydrogens (tertiary/aromatic N) is 2. The molecule has 0 saturated heterocycles. The van der Waals surface area contributed by atoms with Gasteiger partial charge >= 0.3 is 0 Å². The molecule has 2 N–H and O–H groups in total. The predicted octanol–water partition coefficient (Wildman–Crippen LogP) is 1.66. The summed E-state index contributed by atoms with van der Waals surface area (Å²) in [6.45, 7) is 1.03. The van der Waals surface area contributed by atoms with E-state index in [4.69, 9.17) is 5.73 Å². The van der Waals surface area contributed by atoms with E-state index in [1.807, 2.05) is 10.9 Å². The first kappa shape index (κ1) is 7.65. The summed E-state index contributed by atoms with van der Waals surface area (Å²) in [6, 6.07) is 0. The lowest BCUT2D eigenvalue weighted by atomic mass is 9.83. The lowest BCUT2D eigenvalue weighted by Gasteiger charge is -2.24. The summed E-state index contributed by atoms with van der Waals surface area (Å²) in [5, 5.41) is 4.14. The molecule has 2 rings (SSSR count). The summed E-state index contributed by atoms with van der Waals surface area (Å²) in [5.74, 6) is 0.954. The maximum absolute atomic E-state index is 5.55. The number of anilines is 1. The van der Waals surface area contributed by atoms with Crippen LogP contribution in [0.4, 0.5) is 5.69 Å². The smallest absolute Gasteiger partial charge is 0.0719 e. The van der Waals surface area contributed by atoms with Crippen molar-refractivity contribution in [2.45, 2.75) is 32.2 Å². The standard InChI is InChI=1S/C9H15N3/c10-9-6-11-12(7-9)5-4-8-2-1-3-8/h6-8H,1-5,10H2. The number of hydrogen-bond acceptors (Lipinski definition) is 2. The molecule has 1 fully saturated rings. The van der Waals surface area contributed by atoms with Crippen LogP contribution in [0.25, 0.3) is 0 Å². The number of nitrogen functional groups attached to an aromatic ring is 1. The molecule has 0 spiro atoms. The van der Waals surface area contributed by atoms with Gasteiger partial charge in [-0.2, -0.15) is 5.10 Å². The van der Waals surface area contributed by atoms with E-state index in [0.29, 0.717) is 0 Å². The molecule has 0 aliphatic heterocycles. The van der Waals surface area contributed by atoms with Crippen molar-refractivity contribution < 1.29 is 0 Å². The fourth-order valence-electron chi connectivity index (χ4n) is 1.60. The highest BCUT2D eigenvalue weighted by Gasteiger charge is 2.16. The van der Waals surface area contributed by atoms with Gasteiger partial charge in [0.15, 0.2) is 0 Å². The fourth-order valence-corrected chi connectivity index (χ4v) is 1.60. The Morgan fingerprint density at radius 2 is 2.42 bits per heavy atom. The van der Waals surface area contributed by atoms with Crippen molar-refractivity contribution in [2.24, 2.45) is 5.92 Å². The van der Waals surface area contributed by atoms with Crippen LogP contribution >= 0.6 is 0 Å². The van der Waals surface area contributed by atoms with Gasteiger partial charge in [-0.25, -0.2) is 0 Å². The van der Waals surface area contributed by atoms with E-state index < -0.39 is 0 Å². The number of aromatic nitrogens is 2. The van der Waals surface area contributed by atoms with E-state index in [2.05, 4.69) is 5.10 Å². The Balaban J connectivity index is 1.79. The first-order valence-corrected chi connectivity index (χ1v) is 4.62. The molecule has 1 heterocycles. The third-order valence-corrected chi connectivity index (χ3v) is 2.64. The van der Waals surface area contributed by atoms with Crippen molar-refractivity contribution in [3.8, 4) is 0 Å². The Bertz CT molecular complexity index is 250. The minimum atomic E-state index is 0.767. The Kier molecular flexibility index (Phi) is 2.02. The van der Waals surface area contributed by atoms with Crippen LogP contribution in [0.2, 0.25) is 0 Å². The first-order chi connectivity index (χ1) is 5.84. The molecule has 0 aromatic carbocycles. The van der Waals surface area contributed by atoms with Gasteiger partial charge in [-0.3, -0.25) is 4.68 Å². The lowest BCUT2D eigenvalue weighted by Crippen LogP contribution is -2.13. The van der Waals surface area contributed by atoms with E-state index in [1.165, 1.54) is 25.7 Å². The van der Waals surface area contributed by atoms with Crippen molar-refractivity contribution in [1.29, 1.82) is 0 Å². The van der Waals surface area contributed by atoms with Crippen LogP contribution in [-0.4, -0.2) is 9.78 Å². The van der Waals surface area contributed by atoms with Gasteiger partial charge in [0.1, 0.15) is 0 Å². The highest BCUT2D eigenvalue weighted by molar-refractivity contribution is 5.30. The third-order valence-electron chi connectivity index (χ3n) is 2.64. The van der Waals surface area contributed by atoms with Crippen molar-refractivity contribution in [1.82, 2.24) is 9.78 Å². The average molecular weight is 165 g/mol. The van der Waals surface area contributed by atoms with Gasteiger partial charge in [0.05, 0.1) is 11.9 Å². The van der Waals surface area contributed by atoms with Crippen LogP contribution in [0, 0.1) is 5.92 Å². The highest BCUT2D eigenvalue weighted by atomic mass is 15.3. The molecule has 1 saturated carbocycles. The summed E-state index contributed by atoms with van der Waals surface area (Å²) < 4.78 is 1.94. The molecule has 1 aliphatic carbocycles. The number of aryl methyl sites for hydroxylation is 1. The second kappa shape index (κ2) is 3.17. The van der Waals surface area contributed by atoms with Crippen LogP contribution < -0.4 is 5.73 Å². The predicted molar refractivity (Wildman–Crippen MR) is 48.6 cm³/mol. The van der Waals surface area contributed by atoms with E-state index >= 15 is 0 Å². The van der Waals surface area contributed by atoms with E-state index in [1.54, 1.807) is 6.20 Å². The maximum Gasteiger partial charge on any atom is 0.0719 e. The van der Waals surface area contributed by atoms with Gasteiger partial charge in [-0.05, 0) is 12.3 Å². The molecule has 3 nitrogen and oxygen atoms in total. The quantitative estimate of drug-likeness (QED) is 0.740. The van der Waals surface area contributed by atoms with Crippen LogP contribution in [0.5, 0.6) is 0 Å². The molecule has 0 amide bonds. The largest absolute Gasteiger partial charge is 0.396 e. The summed E-state index contributed by atoms with van der Waals surface area (Å²) in [7, 11) is 0. The number of rotatable bonds is 3. The van der Waals surface area contributed by atoms with Gasteiger partial charge in [-0.1, -0.05) is 19.3 Å². The molecule has 1 aromatic heterocycles. The SMILES string of the molecule is Nc1cnn(CCC2CCC2)c1. The molecule has 0 unspecified atom stereocenters. The van der Waals surface area contributed by atoms with E-state index in [0.717, 1.165) is 18.2 Å². The van der Waals surface area contributed by atoms with E-state index in [-0.39, 0.29) is 0 Å². The molecule has 0 bridgehead atoms. The normalized spacial score (nSPS) is 17.7. The van der Waals surface area contributed by atoms with Gasteiger partial charge in [0.2, 0.25) is 0 Å². The second-order valence-corrected chi connectivity index (χ2v) is 3.62. The van der Waals surface area contributed by atoms with Gasteiger partial charge in [0.25, 0.3) is 0 Å². The Labute approximate surface area is 72.6 Å². The molecule has 12 heavy (non-hydrogen) atoms. The Hall–Kier alpha value is -0.990. The fraction of sp³-hybridized carbons (Fsp3) is 0.667. The molecule has 66 valence electrons. The van der Waals surface area contributed by atoms with Crippen LogP contribution in [0.3, 0.4) is 0 Å². The lowest BCUT2D eigenvalue weighted by molar-refractivity contribution is 0.278. The third kappa shape index (κ3) is 1.60. The zero-order chi connectivity index (χ0) is 8.39. The summed E-state index contributed by atoms with van der Waals surface area (Å²) in [6.07, 6.45) is 9.12. The molecule has 0 radical (unpaired) electrons. The topological polar surface area (TPSA) is 43.8 Å². The summed E-state index contributed by atoms with van der Waals surface area (Å²) in [4.78, 5) is 0. The molecule has 3 heteroatoms. The Morgan fingerprint density at radius 3 is 2.92 bits per heavy atom. The molecule has 1 aromatic rings. The monoisotopic (exact) mass is 165 g/mol. The van der Waals surface area contributed by atoms with E-state index in [9.17, 15) is 0 Å². The number of hydrogen-bond donors (Lipinski definition) is 1. The zero-order valence-electron chi connectivity index (χ0n) is 7.24. The van der Waals surface area contributed by atoms with Gasteiger partial charge in [-0.15, -0.1) is 0 Å². The van der Waals surface area contributed by atoms with Crippen molar-refractivity contribution in [3.05, 3.63) is 12.4 Å². The molecule has 0 atom stereocenters. The highest BCUT2D eigenvalue weighted by Crippen LogP contribution is 2.29. The van der Waals surface area contributed by atoms with Crippen LogP contribution in [-0.2, 0) is 6.54 Å². The van der Waals surface area contributed by atoms with Gasteiger partial charge in [0, 0.05) is 12.7 Å². The molecular weight excluding hydrogens is 150 g/mol. The van der Waals surface area contributed by atoms with Crippen molar-refractivity contribution >= 4 is 5.69 Å².